The fraction of sp³-hybridized carbons (Fsp3) is 0.455. The van der Waals surface area contributed by atoms with Crippen LogP contribution in [0.25, 0.3) is 0 Å². The van der Waals surface area contributed by atoms with Crippen LogP contribution in [0.2, 0.25) is 0 Å². The molecule has 1 heterocycles. The number of aliphatic hydroxyl groups excluding tert-OH is 1. The van der Waals surface area contributed by atoms with Crippen LogP contribution >= 0.6 is 0 Å². The number of hydrogen-bond donors (Lipinski definition) is 1. The van der Waals surface area contributed by atoms with Crippen molar-refractivity contribution in [3.8, 4) is 0 Å². The Morgan fingerprint density at radius 3 is 2.75 bits per heavy atom. The molecule has 20 heavy (non-hydrogen) atoms. The van der Waals surface area contributed by atoms with Crippen LogP contribution in [-0.2, 0) is 10.0 Å². The molecule has 1 aliphatic rings. The first-order chi connectivity index (χ1) is 9.32. The summed E-state index contributed by atoms with van der Waals surface area (Å²) in [5.41, 5.74) is -0.498. The molecule has 1 aliphatic heterocycles. The number of non-ortho nitro benzene ring substituents is 1. The molecule has 9 heteroatoms. The van der Waals surface area contributed by atoms with Gasteiger partial charge in [-0.2, -0.15) is 4.31 Å². The molecule has 1 unspecified atom stereocenters. The molecule has 1 aromatic carbocycles. The molecule has 0 aliphatic carbocycles. The number of β-amino-alcohol motifs (C(OH)–C–C–N with tert-alkyl or cyclic N) is 1. The van der Waals surface area contributed by atoms with Crippen LogP contribution in [0.15, 0.2) is 23.1 Å². The molecule has 1 N–H and O–H groups in total. The Bertz CT molecular complexity index is 634. The average Bonchev–Trinajstić information content (AvgIpc) is 2.38. The minimum atomic E-state index is -4.19. The van der Waals surface area contributed by atoms with E-state index in [1.54, 1.807) is 0 Å². The van der Waals surface area contributed by atoms with Gasteiger partial charge in [-0.15, -0.1) is 0 Å². The molecule has 0 aromatic heterocycles. The van der Waals surface area contributed by atoms with Crippen LogP contribution in [0, 0.1) is 15.9 Å². The van der Waals surface area contributed by atoms with Crippen LogP contribution in [0.3, 0.4) is 0 Å². The molecule has 0 radical (unpaired) electrons. The molecule has 1 saturated heterocycles. The van der Waals surface area contributed by atoms with E-state index in [0.717, 1.165) is 16.4 Å². The molecular formula is C11H13FN2O5S. The van der Waals surface area contributed by atoms with Crippen LogP contribution in [0.5, 0.6) is 0 Å². The highest BCUT2D eigenvalue weighted by atomic mass is 32.2. The third kappa shape index (κ3) is 2.79. The highest BCUT2D eigenvalue weighted by Crippen LogP contribution is 2.26. The first kappa shape index (κ1) is 14.8. The third-order valence-electron chi connectivity index (χ3n) is 3.10. The molecule has 1 aromatic rings. The van der Waals surface area contributed by atoms with Gasteiger partial charge in [0, 0.05) is 25.2 Å². The molecule has 110 valence electrons. The monoisotopic (exact) mass is 304 g/mol. The van der Waals surface area contributed by atoms with Crippen molar-refractivity contribution in [1.82, 2.24) is 4.31 Å². The second kappa shape index (κ2) is 5.43. The number of hydrogen-bond acceptors (Lipinski definition) is 5. The first-order valence-electron chi connectivity index (χ1n) is 5.94. The van der Waals surface area contributed by atoms with E-state index in [9.17, 15) is 28.0 Å². The minimum absolute atomic E-state index is 0.134. The maximum absolute atomic E-state index is 13.7. The van der Waals surface area contributed by atoms with E-state index in [1.165, 1.54) is 0 Å². The zero-order chi connectivity index (χ0) is 14.9. The molecule has 1 atom stereocenters. The summed E-state index contributed by atoms with van der Waals surface area (Å²) in [6, 6.07) is 2.36. The van der Waals surface area contributed by atoms with Gasteiger partial charge in [0.05, 0.1) is 11.0 Å². The highest BCUT2D eigenvalue weighted by Gasteiger charge is 2.32. The SMILES string of the molecule is O=[N+]([O-])c1ccc(F)c(S(=O)(=O)N2CCCC(O)C2)c1. The Balaban J connectivity index is 2.43. The number of halogens is 1. The lowest BCUT2D eigenvalue weighted by Crippen LogP contribution is -2.42. The molecule has 0 saturated carbocycles. The van der Waals surface area contributed by atoms with Gasteiger partial charge < -0.3 is 5.11 Å². The largest absolute Gasteiger partial charge is 0.392 e. The van der Waals surface area contributed by atoms with Gasteiger partial charge in [0.2, 0.25) is 10.0 Å². The maximum Gasteiger partial charge on any atom is 0.270 e. The van der Waals surface area contributed by atoms with Gasteiger partial charge in [-0.05, 0) is 18.9 Å². The van der Waals surface area contributed by atoms with Crippen molar-refractivity contribution in [2.24, 2.45) is 0 Å². The molecular weight excluding hydrogens is 291 g/mol. The van der Waals surface area contributed by atoms with Gasteiger partial charge in [-0.25, -0.2) is 12.8 Å². The summed E-state index contributed by atoms with van der Waals surface area (Å²) >= 11 is 0. The molecule has 0 amide bonds. The summed E-state index contributed by atoms with van der Waals surface area (Å²) in [6.45, 7) is 0.0198. The van der Waals surface area contributed by atoms with E-state index >= 15 is 0 Å². The Hall–Kier alpha value is -1.58. The summed E-state index contributed by atoms with van der Waals surface area (Å²) in [5, 5.41) is 20.1. The summed E-state index contributed by atoms with van der Waals surface area (Å²) in [7, 11) is -4.19. The standard InChI is InChI=1S/C11H13FN2O5S/c12-10-4-3-8(14(16)17)6-11(10)20(18,19)13-5-1-2-9(15)7-13/h3-4,6,9,15H,1-2,5,7H2. The van der Waals surface area contributed by atoms with E-state index in [0.29, 0.717) is 18.9 Å². The Morgan fingerprint density at radius 1 is 1.45 bits per heavy atom. The first-order valence-corrected chi connectivity index (χ1v) is 7.38. The predicted octanol–water partition coefficient (Wildman–Crippen LogP) is 0.879. The molecule has 7 nitrogen and oxygen atoms in total. The number of benzene rings is 1. The van der Waals surface area contributed by atoms with E-state index in [1.807, 2.05) is 0 Å². The van der Waals surface area contributed by atoms with E-state index in [2.05, 4.69) is 0 Å². The number of piperidine rings is 1. The molecule has 1 fully saturated rings. The van der Waals surface area contributed by atoms with Gasteiger partial charge in [-0.1, -0.05) is 0 Å². The van der Waals surface area contributed by atoms with Crippen molar-refractivity contribution in [2.75, 3.05) is 13.1 Å². The minimum Gasteiger partial charge on any atom is -0.392 e. The number of rotatable bonds is 3. The van der Waals surface area contributed by atoms with Gasteiger partial charge in [0.1, 0.15) is 10.7 Å². The number of nitrogens with zero attached hydrogens (tertiary/aromatic N) is 2. The Morgan fingerprint density at radius 2 is 2.15 bits per heavy atom. The topological polar surface area (TPSA) is 101 Å². The Kier molecular flexibility index (Phi) is 4.02. The molecule has 2 rings (SSSR count). The van der Waals surface area contributed by atoms with Crippen LogP contribution < -0.4 is 0 Å². The number of nitro groups is 1. The maximum atomic E-state index is 13.7. The highest BCUT2D eigenvalue weighted by molar-refractivity contribution is 7.89. The fourth-order valence-electron chi connectivity index (χ4n) is 2.08. The Labute approximate surface area is 114 Å². The average molecular weight is 304 g/mol. The van der Waals surface area contributed by atoms with Crippen molar-refractivity contribution in [2.45, 2.75) is 23.8 Å². The zero-order valence-electron chi connectivity index (χ0n) is 10.4. The second-order valence-corrected chi connectivity index (χ2v) is 6.44. The van der Waals surface area contributed by atoms with Gasteiger partial charge in [-0.3, -0.25) is 10.1 Å². The second-order valence-electron chi connectivity index (χ2n) is 4.53. The number of sulfonamides is 1. The zero-order valence-corrected chi connectivity index (χ0v) is 11.2. The summed E-state index contributed by atoms with van der Waals surface area (Å²) < 4.78 is 39.2. The van der Waals surface area contributed by atoms with E-state index in [-0.39, 0.29) is 13.1 Å². The quantitative estimate of drug-likeness (QED) is 0.660. The van der Waals surface area contributed by atoms with Crippen molar-refractivity contribution in [1.29, 1.82) is 0 Å². The van der Waals surface area contributed by atoms with Gasteiger partial charge in [0.15, 0.2) is 0 Å². The van der Waals surface area contributed by atoms with Crippen LogP contribution in [-0.4, -0.2) is 41.9 Å². The normalized spacial score (nSPS) is 20.8. The van der Waals surface area contributed by atoms with E-state index in [4.69, 9.17) is 0 Å². The molecule has 0 bridgehead atoms. The summed E-state index contributed by atoms with van der Waals surface area (Å²) in [6.07, 6.45) is 0.126. The van der Waals surface area contributed by atoms with Crippen molar-refractivity contribution < 1.29 is 22.8 Å². The van der Waals surface area contributed by atoms with Crippen molar-refractivity contribution >= 4 is 15.7 Å². The van der Waals surface area contributed by atoms with Gasteiger partial charge >= 0.3 is 0 Å². The fourth-order valence-corrected chi connectivity index (χ4v) is 3.68. The predicted molar refractivity (Wildman–Crippen MR) is 67.1 cm³/mol. The van der Waals surface area contributed by atoms with Crippen LogP contribution in [0.4, 0.5) is 10.1 Å². The van der Waals surface area contributed by atoms with Crippen LogP contribution in [0.1, 0.15) is 12.8 Å². The third-order valence-corrected chi connectivity index (χ3v) is 4.98. The summed E-state index contributed by atoms with van der Waals surface area (Å²) in [4.78, 5) is 9.13. The lowest BCUT2D eigenvalue weighted by Gasteiger charge is -2.29. The van der Waals surface area contributed by atoms with Gasteiger partial charge in [0.25, 0.3) is 5.69 Å². The number of nitro benzene ring substituents is 1. The van der Waals surface area contributed by atoms with E-state index < -0.39 is 37.5 Å². The smallest absolute Gasteiger partial charge is 0.270 e. The lowest BCUT2D eigenvalue weighted by molar-refractivity contribution is -0.385. The summed E-state index contributed by atoms with van der Waals surface area (Å²) in [5.74, 6) is -1.05. The van der Waals surface area contributed by atoms with Crippen molar-refractivity contribution in [3.63, 3.8) is 0 Å². The lowest BCUT2D eigenvalue weighted by atomic mass is 10.1. The van der Waals surface area contributed by atoms with Crippen molar-refractivity contribution in [3.05, 3.63) is 34.1 Å². The number of aliphatic hydroxyl groups is 1. The molecule has 0 spiro atoms.